The highest BCUT2D eigenvalue weighted by atomic mass is 79.9. The summed E-state index contributed by atoms with van der Waals surface area (Å²) >= 11 is 3.56. The van der Waals surface area contributed by atoms with Crippen LogP contribution in [0.15, 0.2) is 29.0 Å². The Balaban J connectivity index is 1.60. The maximum absolute atomic E-state index is 5.76. The molecule has 0 atom stereocenters. The second-order valence-electron chi connectivity index (χ2n) is 5.01. The van der Waals surface area contributed by atoms with Gasteiger partial charge >= 0.3 is 0 Å². The minimum absolute atomic E-state index is 0.411. The molecule has 1 aromatic carbocycles. The first-order valence-electron chi connectivity index (χ1n) is 6.70. The second-order valence-corrected chi connectivity index (χ2v) is 5.86. The maximum atomic E-state index is 5.76. The molecule has 1 N–H and O–H groups in total. The van der Waals surface area contributed by atoms with Crippen molar-refractivity contribution in [2.45, 2.75) is 32.0 Å². The highest BCUT2D eigenvalue weighted by Gasteiger charge is 2.20. The van der Waals surface area contributed by atoms with Crippen LogP contribution in [0.1, 0.15) is 24.2 Å². The van der Waals surface area contributed by atoms with Gasteiger partial charge in [0.05, 0.1) is 4.47 Å². The average molecular weight is 337 g/mol. The zero-order chi connectivity index (χ0) is 13.9. The monoisotopic (exact) mass is 336 g/mol. The number of hydrogen-bond donors (Lipinski definition) is 1. The Hall–Kier alpha value is -1.40. The first-order chi connectivity index (χ1) is 9.72. The zero-order valence-electron chi connectivity index (χ0n) is 11.3. The number of nitrogens with one attached hydrogen (secondary N) is 1. The van der Waals surface area contributed by atoms with E-state index in [-0.39, 0.29) is 0 Å². The maximum Gasteiger partial charge on any atom is 0.164 e. The van der Waals surface area contributed by atoms with Gasteiger partial charge in [-0.25, -0.2) is 4.98 Å². The summed E-state index contributed by atoms with van der Waals surface area (Å²) < 4.78 is 8.44. The number of benzene rings is 1. The summed E-state index contributed by atoms with van der Waals surface area (Å²) in [6.45, 7) is 1.32. The van der Waals surface area contributed by atoms with E-state index in [9.17, 15) is 0 Å². The van der Waals surface area contributed by atoms with Crippen LogP contribution in [-0.4, -0.2) is 20.8 Å². The molecule has 2 aromatic rings. The van der Waals surface area contributed by atoms with Crippen molar-refractivity contribution in [3.05, 3.63) is 40.4 Å². The zero-order valence-corrected chi connectivity index (χ0v) is 12.9. The van der Waals surface area contributed by atoms with Crippen molar-refractivity contribution >= 4 is 15.9 Å². The molecule has 0 bridgehead atoms. The molecule has 1 saturated carbocycles. The highest BCUT2D eigenvalue weighted by Crippen LogP contribution is 2.27. The summed E-state index contributed by atoms with van der Waals surface area (Å²) in [7, 11) is 1.85. The van der Waals surface area contributed by atoms with Crippen LogP contribution in [-0.2, 0) is 20.2 Å². The SMILES string of the molecule is Cn1ncnc1COc1ccc(CNC2CC2)cc1Br. The van der Waals surface area contributed by atoms with Gasteiger partial charge in [0, 0.05) is 19.6 Å². The quantitative estimate of drug-likeness (QED) is 0.880. The Morgan fingerprint density at radius 3 is 2.95 bits per heavy atom. The van der Waals surface area contributed by atoms with E-state index in [1.807, 2.05) is 13.1 Å². The number of nitrogens with zero attached hydrogens (tertiary/aromatic N) is 3. The van der Waals surface area contributed by atoms with Gasteiger partial charge in [-0.05, 0) is 46.5 Å². The van der Waals surface area contributed by atoms with Crippen molar-refractivity contribution in [3.8, 4) is 5.75 Å². The smallest absolute Gasteiger partial charge is 0.164 e. The molecular weight excluding hydrogens is 320 g/mol. The summed E-state index contributed by atoms with van der Waals surface area (Å²) in [4.78, 5) is 4.14. The molecule has 1 fully saturated rings. The average Bonchev–Trinajstić information content (AvgIpc) is 3.18. The lowest BCUT2D eigenvalue weighted by atomic mass is 10.2. The largest absolute Gasteiger partial charge is 0.484 e. The van der Waals surface area contributed by atoms with Gasteiger partial charge in [0.25, 0.3) is 0 Å². The van der Waals surface area contributed by atoms with Crippen LogP contribution in [0, 0.1) is 0 Å². The lowest BCUT2D eigenvalue weighted by molar-refractivity contribution is 0.288. The standard InChI is InChI=1S/C14H17BrN4O/c1-19-14(17-9-18-19)8-20-13-5-2-10(6-12(13)15)7-16-11-3-4-11/h2,5-6,9,11,16H,3-4,7-8H2,1H3. The van der Waals surface area contributed by atoms with E-state index >= 15 is 0 Å². The minimum Gasteiger partial charge on any atom is -0.484 e. The van der Waals surface area contributed by atoms with Gasteiger partial charge < -0.3 is 10.1 Å². The summed E-state index contributed by atoms with van der Waals surface area (Å²) in [6.07, 6.45) is 4.14. The molecule has 1 aromatic heterocycles. The number of hydrogen-bond acceptors (Lipinski definition) is 4. The van der Waals surface area contributed by atoms with Crippen LogP contribution in [0.3, 0.4) is 0 Å². The Morgan fingerprint density at radius 2 is 2.30 bits per heavy atom. The Kier molecular flexibility index (Phi) is 4.03. The van der Waals surface area contributed by atoms with E-state index in [1.54, 1.807) is 4.68 Å². The van der Waals surface area contributed by atoms with Crippen LogP contribution in [0.25, 0.3) is 0 Å². The van der Waals surface area contributed by atoms with Gasteiger partial charge in [-0.2, -0.15) is 5.10 Å². The predicted octanol–water partition coefficient (Wildman–Crippen LogP) is 2.41. The number of ether oxygens (including phenoxy) is 1. The van der Waals surface area contributed by atoms with Gasteiger partial charge in [-0.3, -0.25) is 4.68 Å². The van der Waals surface area contributed by atoms with E-state index in [0.717, 1.165) is 28.6 Å². The van der Waals surface area contributed by atoms with E-state index in [1.165, 1.54) is 24.7 Å². The summed E-state index contributed by atoms with van der Waals surface area (Å²) in [5.41, 5.74) is 1.26. The first kappa shape index (κ1) is 13.6. The van der Waals surface area contributed by atoms with Crippen molar-refractivity contribution in [3.63, 3.8) is 0 Å². The number of halogens is 1. The van der Waals surface area contributed by atoms with E-state index in [2.05, 4.69) is 43.5 Å². The van der Waals surface area contributed by atoms with E-state index in [4.69, 9.17) is 4.74 Å². The molecular formula is C14H17BrN4O. The van der Waals surface area contributed by atoms with Gasteiger partial charge in [0.15, 0.2) is 5.82 Å². The molecule has 1 aliphatic rings. The molecule has 0 radical (unpaired) electrons. The third-order valence-electron chi connectivity index (χ3n) is 3.33. The van der Waals surface area contributed by atoms with Crippen LogP contribution in [0.5, 0.6) is 5.75 Å². The molecule has 1 aliphatic carbocycles. The Bertz CT molecular complexity index is 595. The van der Waals surface area contributed by atoms with Crippen LogP contribution in [0.2, 0.25) is 0 Å². The van der Waals surface area contributed by atoms with Crippen molar-refractivity contribution < 1.29 is 4.74 Å². The number of aryl methyl sites for hydroxylation is 1. The van der Waals surface area contributed by atoms with Gasteiger partial charge in [0.2, 0.25) is 0 Å². The first-order valence-corrected chi connectivity index (χ1v) is 7.49. The minimum atomic E-state index is 0.411. The van der Waals surface area contributed by atoms with Gasteiger partial charge in [-0.1, -0.05) is 6.07 Å². The second kappa shape index (κ2) is 5.93. The molecule has 0 aliphatic heterocycles. The van der Waals surface area contributed by atoms with Crippen molar-refractivity contribution in [1.82, 2.24) is 20.1 Å². The van der Waals surface area contributed by atoms with E-state index < -0.39 is 0 Å². The molecule has 6 heteroatoms. The summed E-state index contributed by atoms with van der Waals surface area (Å²) in [5, 5.41) is 7.52. The molecule has 0 spiro atoms. The number of aromatic nitrogens is 3. The third kappa shape index (κ3) is 3.37. The van der Waals surface area contributed by atoms with E-state index in [0.29, 0.717) is 6.61 Å². The topological polar surface area (TPSA) is 52.0 Å². The summed E-state index contributed by atoms with van der Waals surface area (Å²) in [6, 6.07) is 6.90. The molecule has 1 heterocycles. The van der Waals surface area contributed by atoms with Crippen LogP contribution >= 0.6 is 15.9 Å². The fourth-order valence-electron chi connectivity index (χ4n) is 1.91. The van der Waals surface area contributed by atoms with Crippen molar-refractivity contribution in [2.75, 3.05) is 0 Å². The predicted molar refractivity (Wildman–Crippen MR) is 79.3 cm³/mol. The van der Waals surface area contributed by atoms with Crippen molar-refractivity contribution in [2.24, 2.45) is 7.05 Å². The molecule has 106 valence electrons. The molecule has 0 amide bonds. The molecule has 0 unspecified atom stereocenters. The third-order valence-corrected chi connectivity index (χ3v) is 3.95. The Labute approximate surface area is 126 Å². The lowest BCUT2D eigenvalue weighted by Crippen LogP contribution is -2.15. The highest BCUT2D eigenvalue weighted by molar-refractivity contribution is 9.10. The molecule has 20 heavy (non-hydrogen) atoms. The van der Waals surface area contributed by atoms with Gasteiger partial charge in [0.1, 0.15) is 18.7 Å². The lowest BCUT2D eigenvalue weighted by Gasteiger charge is -2.10. The summed E-state index contributed by atoms with van der Waals surface area (Å²) in [5.74, 6) is 1.62. The molecule has 0 saturated heterocycles. The fourth-order valence-corrected chi connectivity index (χ4v) is 2.45. The normalized spacial score (nSPS) is 14.5. The Morgan fingerprint density at radius 1 is 1.45 bits per heavy atom. The van der Waals surface area contributed by atoms with Crippen molar-refractivity contribution in [1.29, 1.82) is 0 Å². The van der Waals surface area contributed by atoms with Crippen LogP contribution < -0.4 is 10.1 Å². The van der Waals surface area contributed by atoms with Crippen LogP contribution in [0.4, 0.5) is 0 Å². The molecule has 3 rings (SSSR count). The molecule has 5 nitrogen and oxygen atoms in total. The number of rotatable bonds is 6. The fraction of sp³-hybridized carbons (Fsp3) is 0.429. The van der Waals surface area contributed by atoms with Gasteiger partial charge in [-0.15, -0.1) is 0 Å².